The average molecular weight is 297 g/mol. The minimum absolute atomic E-state index is 0.0594. The predicted octanol–water partition coefficient (Wildman–Crippen LogP) is 1.49. The molecule has 0 aliphatic rings. The van der Waals surface area contributed by atoms with E-state index in [1.54, 1.807) is 14.0 Å². The van der Waals surface area contributed by atoms with Crippen LogP contribution in [0.15, 0.2) is 9.52 Å². The van der Waals surface area contributed by atoms with Gasteiger partial charge >= 0.3 is 0 Å². The monoisotopic (exact) mass is 297 g/mol. The molecule has 0 amide bonds. The Bertz CT molecular complexity index is 450. The van der Waals surface area contributed by atoms with E-state index < -0.39 is 0 Å². The second-order valence-corrected chi connectivity index (χ2v) is 5.90. The fourth-order valence-electron chi connectivity index (χ4n) is 1.83. The predicted molar refractivity (Wildman–Crippen MR) is 82.1 cm³/mol. The zero-order valence-electron chi connectivity index (χ0n) is 13.9. The normalized spacial score (nSPS) is 14.1. The highest BCUT2D eigenvalue weighted by molar-refractivity contribution is 5.79. The van der Waals surface area contributed by atoms with Gasteiger partial charge in [-0.05, 0) is 12.3 Å². The van der Waals surface area contributed by atoms with Crippen molar-refractivity contribution in [1.29, 1.82) is 0 Å². The van der Waals surface area contributed by atoms with Crippen molar-refractivity contribution in [3.63, 3.8) is 0 Å². The van der Waals surface area contributed by atoms with Crippen LogP contribution in [0.5, 0.6) is 0 Å². The number of nitrogens with zero attached hydrogens (tertiary/aromatic N) is 3. The summed E-state index contributed by atoms with van der Waals surface area (Å²) in [4.78, 5) is 8.57. The van der Waals surface area contributed by atoms with Gasteiger partial charge < -0.3 is 19.9 Å². The Morgan fingerprint density at radius 2 is 2.10 bits per heavy atom. The molecule has 0 fully saturated rings. The maximum absolute atomic E-state index is 5.52. The SMILES string of the molecule is CCNC(=NCc1noc(C)n1)NCC(OC)C(C)(C)C. The summed E-state index contributed by atoms with van der Waals surface area (Å²) in [7, 11) is 1.73. The Kier molecular flexibility index (Phi) is 6.61. The van der Waals surface area contributed by atoms with Crippen molar-refractivity contribution in [2.75, 3.05) is 20.2 Å². The topological polar surface area (TPSA) is 84.6 Å². The Labute approximate surface area is 126 Å². The molecule has 1 rings (SSSR count). The molecule has 0 radical (unpaired) electrons. The van der Waals surface area contributed by atoms with Crippen molar-refractivity contribution in [3.8, 4) is 0 Å². The van der Waals surface area contributed by atoms with Crippen LogP contribution in [-0.4, -0.2) is 42.4 Å². The summed E-state index contributed by atoms with van der Waals surface area (Å²) in [6.45, 7) is 12.1. The Morgan fingerprint density at radius 1 is 1.38 bits per heavy atom. The maximum Gasteiger partial charge on any atom is 0.223 e. The fourth-order valence-corrected chi connectivity index (χ4v) is 1.83. The van der Waals surface area contributed by atoms with E-state index in [1.807, 2.05) is 6.92 Å². The van der Waals surface area contributed by atoms with Gasteiger partial charge in [-0.2, -0.15) is 4.98 Å². The van der Waals surface area contributed by atoms with Crippen LogP contribution in [-0.2, 0) is 11.3 Å². The Morgan fingerprint density at radius 3 is 2.57 bits per heavy atom. The third-order valence-electron chi connectivity index (χ3n) is 3.00. The van der Waals surface area contributed by atoms with E-state index in [4.69, 9.17) is 9.26 Å². The number of hydrogen-bond acceptors (Lipinski definition) is 5. The number of methoxy groups -OCH3 is 1. The second-order valence-electron chi connectivity index (χ2n) is 5.90. The quantitative estimate of drug-likeness (QED) is 0.611. The molecule has 120 valence electrons. The Hall–Kier alpha value is -1.63. The van der Waals surface area contributed by atoms with Gasteiger partial charge in [-0.25, -0.2) is 4.99 Å². The smallest absolute Gasteiger partial charge is 0.223 e. The minimum Gasteiger partial charge on any atom is -0.379 e. The first-order valence-electron chi connectivity index (χ1n) is 7.21. The van der Waals surface area contributed by atoms with Crippen LogP contribution < -0.4 is 10.6 Å². The molecule has 0 saturated carbocycles. The number of ether oxygens (including phenoxy) is 1. The first-order chi connectivity index (χ1) is 9.86. The minimum atomic E-state index is 0.0594. The molecule has 0 spiro atoms. The van der Waals surface area contributed by atoms with E-state index in [0.29, 0.717) is 30.8 Å². The van der Waals surface area contributed by atoms with Crippen LogP contribution in [0, 0.1) is 12.3 Å². The third kappa shape index (κ3) is 6.12. The fraction of sp³-hybridized carbons (Fsp3) is 0.786. The van der Waals surface area contributed by atoms with E-state index in [2.05, 4.69) is 46.5 Å². The lowest BCUT2D eigenvalue weighted by Gasteiger charge is -2.30. The summed E-state index contributed by atoms with van der Waals surface area (Å²) in [6, 6.07) is 0. The van der Waals surface area contributed by atoms with Crippen LogP contribution in [0.25, 0.3) is 0 Å². The van der Waals surface area contributed by atoms with Crippen molar-refractivity contribution >= 4 is 5.96 Å². The van der Waals surface area contributed by atoms with Gasteiger partial charge in [-0.3, -0.25) is 0 Å². The lowest BCUT2D eigenvalue weighted by atomic mass is 9.89. The molecule has 0 saturated heterocycles. The van der Waals surface area contributed by atoms with Gasteiger partial charge in [-0.1, -0.05) is 25.9 Å². The largest absolute Gasteiger partial charge is 0.379 e. The first-order valence-corrected chi connectivity index (χ1v) is 7.21. The van der Waals surface area contributed by atoms with Crippen LogP contribution in [0.3, 0.4) is 0 Å². The zero-order chi connectivity index (χ0) is 15.9. The highest BCUT2D eigenvalue weighted by atomic mass is 16.5. The van der Waals surface area contributed by atoms with Gasteiger partial charge in [0.1, 0.15) is 6.54 Å². The molecule has 21 heavy (non-hydrogen) atoms. The molecule has 1 atom stereocenters. The number of hydrogen-bond donors (Lipinski definition) is 2. The molecule has 1 aromatic heterocycles. The van der Waals surface area contributed by atoms with Crippen LogP contribution >= 0.6 is 0 Å². The average Bonchev–Trinajstić information content (AvgIpc) is 2.80. The maximum atomic E-state index is 5.52. The third-order valence-corrected chi connectivity index (χ3v) is 3.00. The molecule has 7 nitrogen and oxygen atoms in total. The van der Waals surface area contributed by atoms with Gasteiger partial charge in [0.15, 0.2) is 11.8 Å². The second kappa shape index (κ2) is 7.97. The highest BCUT2D eigenvalue weighted by Crippen LogP contribution is 2.20. The summed E-state index contributed by atoms with van der Waals surface area (Å²) < 4.78 is 10.5. The number of aliphatic imine (C=N–C) groups is 1. The molecule has 1 aromatic rings. The lowest BCUT2D eigenvalue weighted by molar-refractivity contribution is 0.0205. The number of rotatable bonds is 6. The molecule has 0 aliphatic heterocycles. The first kappa shape index (κ1) is 17.4. The number of aryl methyl sites for hydroxylation is 1. The molecule has 1 unspecified atom stereocenters. The number of guanidine groups is 1. The van der Waals surface area contributed by atoms with Gasteiger partial charge in [0.25, 0.3) is 0 Å². The van der Waals surface area contributed by atoms with Crippen molar-refractivity contribution in [2.24, 2.45) is 10.4 Å². The van der Waals surface area contributed by atoms with Crippen molar-refractivity contribution < 1.29 is 9.26 Å². The van der Waals surface area contributed by atoms with E-state index in [9.17, 15) is 0 Å². The summed E-state index contributed by atoms with van der Waals surface area (Å²) in [6.07, 6.45) is 0.0915. The number of aromatic nitrogens is 2. The molecule has 0 bridgehead atoms. The molecular formula is C14H27N5O2. The van der Waals surface area contributed by atoms with Gasteiger partial charge in [0.05, 0.1) is 6.10 Å². The summed E-state index contributed by atoms with van der Waals surface area (Å²) >= 11 is 0. The standard InChI is InChI=1S/C14H27N5O2/c1-7-15-13(16-8-11(20-6)14(3,4)5)17-9-12-18-10(2)21-19-12/h11H,7-9H2,1-6H3,(H2,15,16,17). The summed E-state index contributed by atoms with van der Waals surface area (Å²) in [5, 5.41) is 10.3. The van der Waals surface area contributed by atoms with Crippen molar-refractivity contribution in [3.05, 3.63) is 11.7 Å². The van der Waals surface area contributed by atoms with Gasteiger partial charge in [-0.15, -0.1) is 0 Å². The molecule has 0 aliphatic carbocycles. The van der Waals surface area contributed by atoms with Crippen LogP contribution in [0.2, 0.25) is 0 Å². The van der Waals surface area contributed by atoms with Crippen molar-refractivity contribution in [1.82, 2.24) is 20.8 Å². The number of nitrogens with one attached hydrogen (secondary N) is 2. The molecule has 0 aromatic carbocycles. The summed E-state index contributed by atoms with van der Waals surface area (Å²) in [5.41, 5.74) is 0.0594. The van der Waals surface area contributed by atoms with Crippen LogP contribution in [0.1, 0.15) is 39.4 Å². The van der Waals surface area contributed by atoms with Gasteiger partial charge in [0, 0.05) is 27.1 Å². The summed E-state index contributed by atoms with van der Waals surface area (Å²) in [5.74, 6) is 1.83. The van der Waals surface area contributed by atoms with E-state index in [1.165, 1.54) is 0 Å². The van der Waals surface area contributed by atoms with E-state index >= 15 is 0 Å². The molecule has 7 heteroatoms. The van der Waals surface area contributed by atoms with Crippen molar-refractivity contribution in [2.45, 2.75) is 47.3 Å². The van der Waals surface area contributed by atoms with E-state index in [0.717, 1.165) is 6.54 Å². The highest BCUT2D eigenvalue weighted by Gasteiger charge is 2.24. The molecule has 1 heterocycles. The lowest BCUT2D eigenvalue weighted by Crippen LogP contribution is -2.45. The molecule has 2 N–H and O–H groups in total. The zero-order valence-corrected chi connectivity index (χ0v) is 13.9. The Balaban J connectivity index is 2.60. The van der Waals surface area contributed by atoms with Crippen LogP contribution in [0.4, 0.5) is 0 Å². The van der Waals surface area contributed by atoms with Gasteiger partial charge in [0.2, 0.25) is 5.89 Å². The van der Waals surface area contributed by atoms with E-state index in [-0.39, 0.29) is 11.5 Å². The molecular weight excluding hydrogens is 270 g/mol.